The number of hydrogen-bond donors (Lipinski definition) is 2. The molecule has 1 heterocycles. The van der Waals surface area contributed by atoms with Crippen molar-refractivity contribution in [2.45, 2.75) is 19.8 Å². The summed E-state index contributed by atoms with van der Waals surface area (Å²) in [7, 11) is 1.76. The Morgan fingerprint density at radius 3 is 2.82 bits per heavy atom. The van der Waals surface area contributed by atoms with Crippen molar-refractivity contribution >= 4 is 11.8 Å². The van der Waals surface area contributed by atoms with Gasteiger partial charge in [-0.1, -0.05) is 6.07 Å². The first-order valence-corrected chi connectivity index (χ1v) is 7.96. The molecule has 1 unspecified atom stereocenters. The molecule has 2 N–H and O–H groups in total. The van der Waals surface area contributed by atoms with Crippen LogP contribution in [-0.4, -0.2) is 49.9 Å². The highest BCUT2D eigenvalue weighted by Crippen LogP contribution is 2.10. The van der Waals surface area contributed by atoms with Crippen molar-refractivity contribution in [2.24, 2.45) is 5.92 Å². The summed E-state index contributed by atoms with van der Waals surface area (Å²) in [6, 6.07) is 6.92. The van der Waals surface area contributed by atoms with Crippen molar-refractivity contribution in [2.75, 3.05) is 33.2 Å². The molecule has 0 bridgehead atoms. The van der Waals surface area contributed by atoms with Crippen LogP contribution in [-0.2, 0) is 0 Å². The van der Waals surface area contributed by atoms with Gasteiger partial charge in [-0.2, -0.15) is 0 Å². The van der Waals surface area contributed by atoms with Gasteiger partial charge in [-0.25, -0.2) is 0 Å². The molecule has 1 atom stereocenters. The van der Waals surface area contributed by atoms with E-state index in [9.17, 15) is 9.59 Å². The van der Waals surface area contributed by atoms with E-state index >= 15 is 0 Å². The molecule has 5 heteroatoms. The van der Waals surface area contributed by atoms with Crippen LogP contribution in [0, 0.1) is 5.92 Å². The third kappa shape index (κ3) is 4.31. The number of amides is 2. The van der Waals surface area contributed by atoms with Gasteiger partial charge in [-0.3, -0.25) is 9.59 Å². The second-order valence-electron chi connectivity index (χ2n) is 5.82. The highest BCUT2D eigenvalue weighted by Gasteiger charge is 2.16. The largest absolute Gasteiger partial charge is 0.352 e. The molecule has 0 radical (unpaired) electrons. The Balaban J connectivity index is 1.96. The van der Waals surface area contributed by atoms with E-state index in [1.807, 2.05) is 6.92 Å². The Morgan fingerprint density at radius 1 is 1.36 bits per heavy atom. The molecule has 1 saturated heterocycles. The van der Waals surface area contributed by atoms with E-state index in [1.54, 1.807) is 36.2 Å². The lowest BCUT2D eigenvalue weighted by molar-refractivity contribution is 0.0802. The Bertz CT molecular complexity index is 524. The van der Waals surface area contributed by atoms with Crippen LogP contribution in [0.3, 0.4) is 0 Å². The van der Waals surface area contributed by atoms with E-state index in [4.69, 9.17) is 0 Å². The molecular formula is C17H25N3O2. The predicted molar refractivity (Wildman–Crippen MR) is 87.0 cm³/mol. The Labute approximate surface area is 132 Å². The molecule has 0 aromatic heterocycles. The zero-order valence-electron chi connectivity index (χ0n) is 13.4. The smallest absolute Gasteiger partial charge is 0.253 e. The van der Waals surface area contributed by atoms with Gasteiger partial charge in [0.05, 0.1) is 0 Å². The summed E-state index contributed by atoms with van der Waals surface area (Å²) in [5.41, 5.74) is 1.09. The summed E-state index contributed by atoms with van der Waals surface area (Å²) in [5.74, 6) is 0.321. The van der Waals surface area contributed by atoms with Crippen LogP contribution >= 0.6 is 0 Å². The summed E-state index contributed by atoms with van der Waals surface area (Å²) in [6.07, 6.45) is 2.31. The monoisotopic (exact) mass is 303 g/mol. The van der Waals surface area contributed by atoms with E-state index in [1.165, 1.54) is 0 Å². The summed E-state index contributed by atoms with van der Waals surface area (Å²) < 4.78 is 0. The van der Waals surface area contributed by atoms with Gasteiger partial charge in [-0.05, 0) is 57.0 Å². The van der Waals surface area contributed by atoms with E-state index in [-0.39, 0.29) is 11.8 Å². The lowest BCUT2D eigenvalue weighted by atomic mass is 9.99. The number of piperidine rings is 1. The zero-order chi connectivity index (χ0) is 15.9. The van der Waals surface area contributed by atoms with Crippen molar-refractivity contribution in [3.63, 3.8) is 0 Å². The minimum atomic E-state index is -0.112. The molecule has 2 rings (SSSR count). The van der Waals surface area contributed by atoms with Gasteiger partial charge in [0.25, 0.3) is 11.8 Å². The zero-order valence-corrected chi connectivity index (χ0v) is 13.4. The van der Waals surface area contributed by atoms with Crippen molar-refractivity contribution in [3.8, 4) is 0 Å². The molecule has 120 valence electrons. The molecule has 22 heavy (non-hydrogen) atoms. The SMILES string of the molecule is CCN(C)C(=O)c1cccc(C(=O)NCC2CCCNC2)c1. The minimum absolute atomic E-state index is 0.0615. The fourth-order valence-electron chi connectivity index (χ4n) is 2.59. The van der Waals surface area contributed by atoms with Gasteiger partial charge in [0.15, 0.2) is 0 Å². The molecule has 1 aliphatic heterocycles. The average Bonchev–Trinajstić information content (AvgIpc) is 2.59. The summed E-state index contributed by atoms with van der Waals surface area (Å²) in [4.78, 5) is 26.0. The Morgan fingerprint density at radius 2 is 2.14 bits per heavy atom. The number of carbonyl (C=O) groups is 2. The van der Waals surface area contributed by atoms with Crippen LogP contribution in [0.2, 0.25) is 0 Å². The predicted octanol–water partition coefficient (Wildman–Crippen LogP) is 1.51. The van der Waals surface area contributed by atoms with E-state index in [2.05, 4.69) is 10.6 Å². The van der Waals surface area contributed by atoms with Crippen LogP contribution in [0.5, 0.6) is 0 Å². The van der Waals surface area contributed by atoms with Crippen molar-refractivity contribution in [1.29, 1.82) is 0 Å². The topological polar surface area (TPSA) is 61.4 Å². The van der Waals surface area contributed by atoms with Gasteiger partial charge in [0.1, 0.15) is 0 Å². The van der Waals surface area contributed by atoms with Crippen molar-refractivity contribution < 1.29 is 9.59 Å². The third-order valence-electron chi connectivity index (χ3n) is 4.14. The number of carbonyl (C=O) groups excluding carboxylic acids is 2. The molecule has 2 amide bonds. The highest BCUT2D eigenvalue weighted by molar-refractivity contribution is 5.99. The van der Waals surface area contributed by atoms with Gasteiger partial charge in [0, 0.05) is 31.3 Å². The lowest BCUT2D eigenvalue weighted by Crippen LogP contribution is -2.38. The standard InChI is InChI=1S/C17H25N3O2/c1-3-20(2)17(22)15-8-4-7-14(10-15)16(21)19-12-13-6-5-9-18-11-13/h4,7-8,10,13,18H,3,5-6,9,11-12H2,1-2H3,(H,19,21). The fraction of sp³-hybridized carbons (Fsp3) is 0.529. The molecule has 1 aromatic carbocycles. The Kier molecular flexibility index (Phi) is 5.95. The number of benzene rings is 1. The molecule has 1 fully saturated rings. The molecular weight excluding hydrogens is 278 g/mol. The second-order valence-corrected chi connectivity index (χ2v) is 5.82. The second kappa shape index (κ2) is 7.94. The number of nitrogens with one attached hydrogen (secondary N) is 2. The molecule has 0 aliphatic carbocycles. The number of hydrogen-bond acceptors (Lipinski definition) is 3. The van der Waals surface area contributed by atoms with Gasteiger partial charge >= 0.3 is 0 Å². The van der Waals surface area contributed by atoms with E-state index in [0.717, 1.165) is 25.9 Å². The minimum Gasteiger partial charge on any atom is -0.352 e. The normalized spacial score (nSPS) is 17.8. The van der Waals surface area contributed by atoms with E-state index < -0.39 is 0 Å². The summed E-state index contributed by atoms with van der Waals surface area (Å²) >= 11 is 0. The maximum absolute atomic E-state index is 12.2. The van der Waals surface area contributed by atoms with Crippen LogP contribution in [0.15, 0.2) is 24.3 Å². The first-order valence-electron chi connectivity index (χ1n) is 7.96. The van der Waals surface area contributed by atoms with Gasteiger partial charge in [0.2, 0.25) is 0 Å². The molecule has 0 saturated carbocycles. The summed E-state index contributed by atoms with van der Waals surface area (Å²) in [6.45, 7) is 5.27. The molecule has 5 nitrogen and oxygen atoms in total. The fourth-order valence-corrected chi connectivity index (χ4v) is 2.59. The first kappa shape index (κ1) is 16.5. The van der Waals surface area contributed by atoms with Crippen molar-refractivity contribution in [3.05, 3.63) is 35.4 Å². The molecule has 0 spiro atoms. The van der Waals surface area contributed by atoms with Crippen LogP contribution < -0.4 is 10.6 Å². The van der Waals surface area contributed by atoms with Gasteiger partial charge in [-0.15, -0.1) is 0 Å². The van der Waals surface area contributed by atoms with E-state index in [0.29, 0.717) is 30.1 Å². The maximum Gasteiger partial charge on any atom is 0.253 e. The maximum atomic E-state index is 12.2. The van der Waals surface area contributed by atoms with Gasteiger partial charge < -0.3 is 15.5 Å². The first-order chi connectivity index (χ1) is 10.6. The quantitative estimate of drug-likeness (QED) is 0.867. The summed E-state index contributed by atoms with van der Waals surface area (Å²) in [5, 5.41) is 6.31. The Hall–Kier alpha value is -1.88. The third-order valence-corrected chi connectivity index (χ3v) is 4.14. The van der Waals surface area contributed by atoms with Crippen LogP contribution in [0.4, 0.5) is 0 Å². The number of nitrogens with zero attached hydrogens (tertiary/aromatic N) is 1. The average molecular weight is 303 g/mol. The molecule has 1 aromatic rings. The number of rotatable bonds is 5. The highest BCUT2D eigenvalue weighted by atomic mass is 16.2. The molecule has 1 aliphatic rings. The van der Waals surface area contributed by atoms with Crippen LogP contribution in [0.25, 0.3) is 0 Å². The lowest BCUT2D eigenvalue weighted by Gasteiger charge is -2.22. The van der Waals surface area contributed by atoms with Crippen LogP contribution in [0.1, 0.15) is 40.5 Å². The van der Waals surface area contributed by atoms with Crippen molar-refractivity contribution in [1.82, 2.24) is 15.5 Å².